The zero-order chi connectivity index (χ0) is 22.0. The molecule has 0 aliphatic carbocycles. The Labute approximate surface area is 185 Å². The first-order valence-corrected chi connectivity index (χ1v) is 10.4. The number of nitro groups is 1. The maximum atomic E-state index is 12.4. The summed E-state index contributed by atoms with van der Waals surface area (Å²) in [7, 11) is 0. The van der Waals surface area contributed by atoms with E-state index in [-0.39, 0.29) is 17.3 Å². The summed E-state index contributed by atoms with van der Waals surface area (Å²) in [6.45, 7) is 1.70. The molecule has 0 aliphatic rings. The maximum absolute atomic E-state index is 12.4. The molecule has 2 aromatic heterocycles. The van der Waals surface area contributed by atoms with Crippen LogP contribution in [0.2, 0.25) is 5.02 Å². The first-order valence-electron chi connectivity index (χ1n) is 9.05. The number of nitrogens with one attached hydrogen (secondary N) is 1. The molecule has 156 valence electrons. The van der Waals surface area contributed by atoms with Crippen molar-refractivity contribution in [1.82, 2.24) is 19.7 Å². The van der Waals surface area contributed by atoms with Crippen molar-refractivity contribution in [1.29, 1.82) is 0 Å². The number of nitrogens with zero attached hydrogens (tertiary/aromatic N) is 5. The highest BCUT2D eigenvalue weighted by Gasteiger charge is 2.15. The summed E-state index contributed by atoms with van der Waals surface area (Å²) < 4.78 is 1.63. The number of carbonyl (C=O) groups excluding carboxylic acids is 1. The molecule has 2 aromatic carbocycles. The number of non-ortho nitro benzene ring substituents is 1. The van der Waals surface area contributed by atoms with E-state index in [9.17, 15) is 14.9 Å². The molecule has 1 N–H and O–H groups in total. The Morgan fingerprint density at radius 3 is 2.81 bits per heavy atom. The summed E-state index contributed by atoms with van der Waals surface area (Å²) in [6, 6.07) is 11.6. The molecule has 0 bridgehead atoms. The third-order valence-electron chi connectivity index (χ3n) is 4.44. The van der Waals surface area contributed by atoms with Crippen LogP contribution in [-0.4, -0.2) is 36.3 Å². The zero-order valence-corrected chi connectivity index (χ0v) is 17.7. The number of rotatable bonds is 6. The number of hydrogen-bond donors (Lipinski definition) is 1. The highest BCUT2D eigenvalue weighted by Crippen LogP contribution is 2.28. The molecule has 11 heteroatoms. The second-order valence-corrected chi connectivity index (χ2v) is 7.89. The number of anilines is 1. The van der Waals surface area contributed by atoms with Crippen LogP contribution in [0, 0.1) is 17.0 Å². The molecule has 0 fully saturated rings. The Balaban J connectivity index is 1.50. The third kappa shape index (κ3) is 4.35. The van der Waals surface area contributed by atoms with E-state index in [1.165, 1.54) is 36.3 Å². The number of aromatic nitrogens is 4. The summed E-state index contributed by atoms with van der Waals surface area (Å²) in [6.07, 6.45) is 3.05. The molecular formula is C20H15ClN6O3S. The molecule has 4 rings (SSSR count). The van der Waals surface area contributed by atoms with E-state index in [1.807, 2.05) is 18.2 Å². The monoisotopic (exact) mass is 454 g/mol. The number of aryl methyl sites for hydroxylation is 1. The first kappa shape index (κ1) is 20.8. The lowest BCUT2D eigenvalue weighted by atomic mass is 10.2. The van der Waals surface area contributed by atoms with Gasteiger partial charge in [-0.15, -0.1) is 0 Å². The third-order valence-corrected chi connectivity index (χ3v) is 5.77. The first-order chi connectivity index (χ1) is 14.9. The number of halogens is 1. The fraction of sp³-hybridized carbons (Fsp3) is 0.100. The van der Waals surface area contributed by atoms with Crippen LogP contribution >= 0.6 is 23.4 Å². The lowest BCUT2D eigenvalue weighted by molar-refractivity contribution is -0.384. The van der Waals surface area contributed by atoms with Crippen LogP contribution < -0.4 is 5.32 Å². The van der Waals surface area contributed by atoms with Gasteiger partial charge in [0.1, 0.15) is 11.4 Å². The normalized spacial score (nSPS) is 10.9. The number of amides is 1. The average Bonchev–Trinajstić information content (AvgIpc) is 3.18. The topological polar surface area (TPSA) is 116 Å². The van der Waals surface area contributed by atoms with E-state index < -0.39 is 4.92 Å². The van der Waals surface area contributed by atoms with Gasteiger partial charge in [-0.3, -0.25) is 14.9 Å². The van der Waals surface area contributed by atoms with Crippen molar-refractivity contribution in [2.24, 2.45) is 0 Å². The van der Waals surface area contributed by atoms with Gasteiger partial charge in [0.05, 0.1) is 33.0 Å². The molecule has 4 aromatic rings. The van der Waals surface area contributed by atoms with E-state index in [1.54, 1.807) is 23.9 Å². The minimum atomic E-state index is -0.475. The van der Waals surface area contributed by atoms with Crippen molar-refractivity contribution in [3.63, 3.8) is 0 Å². The molecule has 0 unspecified atom stereocenters. The van der Waals surface area contributed by atoms with Gasteiger partial charge in [0.15, 0.2) is 5.65 Å². The van der Waals surface area contributed by atoms with E-state index in [4.69, 9.17) is 11.6 Å². The molecule has 9 nitrogen and oxygen atoms in total. The fourth-order valence-electron chi connectivity index (χ4n) is 2.96. The molecule has 0 spiro atoms. The Kier molecular flexibility index (Phi) is 5.83. The van der Waals surface area contributed by atoms with Gasteiger partial charge in [-0.2, -0.15) is 5.10 Å². The second kappa shape index (κ2) is 8.70. The summed E-state index contributed by atoms with van der Waals surface area (Å²) in [4.78, 5) is 31.4. The zero-order valence-electron chi connectivity index (χ0n) is 16.2. The van der Waals surface area contributed by atoms with Gasteiger partial charge < -0.3 is 5.32 Å². The highest BCUT2D eigenvalue weighted by atomic mass is 35.5. The lowest BCUT2D eigenvalue weighted by Crippen LogP contribution is -2.15. The second-order valence-electron chi connectivity index (χ2n) is 6.52. The Hall–Kier alpha value is -3.50. The lowest BCUT2D eigenvalue weighted by Gasteiger charge is -2.08. The fourth-order valence-corrected chi connectivity index (χ4v) is 3.94. The molecule has 0 saturated heterocycles. The van der Waals surface area contributed by atoms with Gasteiger partial charge >= 0.3 is 0 Å². The maximum Gasteiger partial charge on any atom is 0.269 e. The summed E-state index contributed by atoms with van der Waals surface area (Å²) in [5.74, 6) is -0.160. The van der Waals surface area contributed by atoms with E-state index in [0.29, 0.717) is 38.0 Å². The largest absolute Gasteiger partial charge is 0.325 e. The Morgan fingerprint density at radius 2 is 2.06 bits per heavy atom. The molecule has 0 atom stereocenters. The number of carbonyl (C=O) groups is 1. The predicted molar refractivity (Wildman–Crippen MR) is 119 cm³/mol. The van der Waals surface area contributed by atoms with Crippen LogP contribution in [0.3, 0.4) is 0 Å². The van der Waals surface area contributed by atoms with Crippen molar-refractivity contribution >= 4 is 51.7 Å². The molecular weight excluding hydrogens is 440 g/mol. The van der Waals surface area contributed by atoms with Gasteiger partial charge in [-0.25, -0.2) is 14.6 Å². The molecule has 0 aliphatic heterocycles. The summed E-state index contributed by atoms with van der Waals surface area (Å²) in [5.41, 5.74) is 2.38. The number of nitro benzene ring substituents is 1. The van der Waals surface area contributed by atoms with Crippen LogP contribution in [-0.2, 0) is 4.79 Å². The molecule has 31 heavy (non-hydrogen) atoms. The smallest absolute Gasteiger partial charge is 0.269 e. The number of thioether (sulfide) groups is 1. The molecule has 2 heterocycles. The van der Waals surface area contributed by atoms with Crippen molar-refractivity contribution in [3.05, 3.63) is 75.7 Å². The van der Waals surface area contributed by atoms with E-state index in [0.717, 1.165) is 0 Å². The van der Waals surface area contributed by atoms with Crippen LogP contribution in [0.5, 0.6) is 0 Å². The van der Waals surface area contributed by atoms with Crippen LogP contribution in [0.25, 0.3) is 16.7 Å². The van der Waals surface area contributed by atoms with Gasteiger partial charge in [0.2, 0.25) is 5.91 Å². The van der Waals surface area contributed by atoms with Crippen molar-refractivity contribution < 1.29 is 9.72 Å². The van der Waals surface area contributed by atoms with Gasteiger partial charge in [0.25, 0.3) is 5.69 Å². The van der Waals surface area contributed by atoms with Gasteiger partial charge in [-0.05, 0) is 30.7 Å². The van der Waals surface area contributed by atoms with E-state index >= 15 is 0 Å². The van der Waals surface area contributed by atoms with Crippen molar-refractivity contribution in [3.8, 4) is 5.69 Å². The van der Waals surface area contributed by atoms with Gasteiger partial charge in [-0.1, -0.05) is 35.5 Å². The molecule has 0 radical (unpaired) electrons. The summed E-state index contributed by atoms with van der Waals surface area (Å²) in [5, 5.41) is 19.8. The summed E-state index contributed by atoms with van der Waals surface area (Å²) >= 11 is 7.52. The van der Waals surface area contributed by atoms with E-state index in [2.05, 4.69) is 20.4 Å². The number of benzene rings is 2. The standard InChI is InChI=1S/C20H15ClN6O3S/c1-12-8-13(27(29)30)6-7-16(12)25-18(28)10-31-20-14-9-24-26(19(14)22-11-23-20)17-5-3-2-4-15(17)21/h2-9,11H,10H2,1H3,(H,25,28). The van der Waals surface area contributed by atoms with Crippen molar-refractivity contribution in [2.45, 2.75) is 11.9 Å². The highest BCUT2D eigenvalue weighted by molar-refractivity contribution is 8.00. The SMILES string of the molecule is Cc1cc([N+](=O)[O-])ccc1NC(=O)CSc1ncnc2c1cnn2-c1ccccc1Cl. The molecule has 0 saturated carbocycles. The number of fused-ring (bicyclic) bond motifs is 1. The quantitative estimate of drug-likeness (QED) is 0.198. The molecule has 1 amide bonds. The van der Waals surface area contributed by atoms with Crippen LogP contribution in [0.4, 0.5) is 11.4 Å². The average molecular weight is 455 g/mol. The number of hydrogen-bond acceptors (Lipinski definition) is 7. The van der Waals surface area contributed by atoms with Gasteiger partial charge in [0, 0.05) is 17.8 Å². The Bertz CT molecular complexity index is 1310. The minimum Gasteiger partial charge on any atom is -0.325 e. The van der Waals surface area contributed by atoms with Crippen molar-refractivity contribution in [2.75, 3.05) is 11.1 Å². The van der Waals surface area contributed by atoms with Crippen LogP contribution in [0.1, 0.15) is 5.56 Å². The minimum absolute atomic E-state index is 0.0243. The Morgan fingerprint density at radius 1 is 1.26 bits per heavy atom. The predicted octanol–water partition coefficient (Wildman–Crippen LogP) is 4.42. The number of para-hydroxylation sites is 1. The van der Waals surface area contributed by atoms with Crippen LogP contribution in [0.15, 0.2) is 60.0 Å².